The van der Waals surface area contributed by atoms with Crippen LogP contribution in [-0.4, -0.2) is 42.4 Å². The van der Waals surface area contributed by atoms with E-state index in [0.29, 0.717) is 0 Å². The van der Waals surface area contributed by atoms with Crippen molar-refractivity contribution in [1.29, 1.82) is 0 Å². The summed E-state index contributed by atoms with van der Waals surface area (Å²) in [5.74, 6) is -0.329. The van der Waals surface area contributed by atoms with Crippen LogP contribution in [0.25, 0.3) is 0 Å². The number of rotatable bonds is 7. The summed E-state index contributed by atoms with van der Waals surface area (Å²) in [6.07, 6.45) is 2.73. The number of aliphatic hydroxyl groups is 1. The van der Waals surface area contributed by atoms with Crippen molar-refractivity contribution >= 4 is 37.5 Å². The molecule has 2 rings (SSSR count). The van der Waals surface area contributed by atoms with Crippen LogP contribution in [0, 0.1) is 0 Å². The summed E-state index contributed by atoms with van der Waals surface area (Å²) < 4.78 is 28.9. The molecule has 10 heteroatoms. The fourth-order valence-electron chi connectivity index (χ4n) is 1.73. The summed E-state index contributed by atoms with van der Waals surface area (Å²) in [5, 5.41) is 15.0. The number of hydrogen-bond acceptors (Lipinski definition) is 5. The van der Waals surface area contributed by atoms with Crippen LogP contribution in [0.1, 0.15) is 0 Å². The Labute approximate surface area is 141 Å². The molecule has 23 heavy (non-hydrogen) atoms. The number of carbonyl (C=O) groups excluding carboxylic acids is 1. The van der Waals surface area contributed by atoms with E-state index in [9.17, 15) is 13.2 Å². The van der Waals surface area contributed by atoms with Gasteiger partial charge in [0.15, 0.2) is 0 Å². The minimum atomic E-state index is -3.72. The van der Waals surface area contributed by atoms with Crippen molar-refractivity contribution in [2.75, 3.05) is 17.9 Å². The number of carbonyl (C=O) groups is 1. The molecule has 0 unspecified atom stereocenters. The fourth-order valence-corrected chi connectivity index (χ4v) is 3.02. The molecule has 0 saturated heterocycles. The maximum atomic E-state index is 12.2. The van der Waals surface area contributed by atoms with Gasteiger partial charge in [0, 0.05) is 17.2 Å². The van der Waals surface area contributed by atoms with Crippen molar-refractivity contribution in [1.82, 2.24) is 15.1 Å². The summed E-state index contributed by atoms with van der Waals surface area (Å²) in [5.41, 5.74) is 0.253. The third-order valence-corrected chi connectivity index (χ3v) is 4.67. The van der Waals surface area contributed by atoms with Crippen LogP contribution in [0.3, 0.4) is 0 Å². The van der Waals surface area contributed by atoms with Gasteiger partial charge in [0.05, 0.1) is 23.4 Å². The molecule has 0 atom stereocenters. The van der Waals surface area contributed by atoms with Crippen LogP contribution in [0.4, 0.5) is 5.69 Å². The van der Waals surface area contributed by atoms with Crippen molar-refractivity contribution in [2.45, 2.75) is 11.4 Å². The van der Waals surface area contributed by atoms with Crippen LogP contribution < -0.4 is 10.0 Å². The zero-order chi connectivity index (χ0) is 16.9. The highest BCUT2D eigenvalue weighted by molar-refractivity contribution is 9.10. The number of sulfonamides is 1. The number of aliphatic hydroxyl groups excluding tert-OH is 1. The summed E-state index contributed by atoms with van der Waals surface area (Å²) in [7, 11) is -3.72. The van der Waals surface area contributed by atoms with Crippen LogP contribution >= 0.6 is 15.9 Å². The van der Waals surface area contributed by atoms with Gasteiger partial charge in [0.2, 0.25) is 5.91 Å². The van der Waals surface area contributed by atoms with Crippen molar-refractivity contribution < 1.29 is 18.3 Å². The summed E-state index contributed by atoms with van der Waals surface area (Å²) >= 11 is 3.24. The Kier molecular flexibility index (Phi) is 5.74. The molecule has 0 saturated carbocycles. The molecule has 3 N–H and O–H groups in total. The van der Waals surface area contributed by atoms with Gasteiger partial charge in [-0.15, -0.1) is 0 Å². The molecule has 1 heterocycles. The lowest BCUT2D eigenvalue weighted by atomic mass is 10.4. The molecular formula is C13H15BrN4O4S. The van der Waals surface area contributed by atoms with Crippen molar-refractivity contribution in [3.05, 3.63) is 41.1 Å². The lowest BCUT2D eigenvalue weighted by Gasteiger charge is -2.06. The normalized spacial score (nSPS) is 11.2. The standard InChI is InChI=1S/C13H15BrN4O4S/c14-10-1-3-12(4-2-10)23(21,22)17-11-7-16-18(8-11)9-13(20)15-5-6-19/h1-4,7-8,17,19H,5-6,9H2,(H,15,20). The number of nitrogens with zero attached hydrogens (tertiary/aromatic N) is 2. The second-order valence-corrected chi connectivity index (χ2v) is 7.16. The third-order valence-electron chi connectivity index (χ3n) is 2.75. The molecule has 0 spiro atoms. The van der Waals surface area contributed by atoms with Crippen molar-refractivity contribution in [3.63, 3.8) is 0 Å². The number of hydrogen-bond donors (Lipinski definition) is 3. The van der Waals surface area contributed by atoms with Gasteiger partial charge in [0.1, 0.15) is 6.54 Å². The molecule has 1 aromatic heterocycles. The molecule has 0 fully saturated rings. The first-order valence-corrected chi connectivity index (χ1v) is 8.87. The Balaban J connectivity index is 2.03. The molecular weight excluding hydrogens is 388 g/mol. The molecule has 2 aromatic rings. The maximum Gasteiger partial charge on any atom is 0.261 e. The van der Waals surface area contributed by atoms with E-state index < -0.39 is 10.0 Å². The van der Waals surface area contributed by atoms with Crippen LogP contribution in [0.5, 0.6) is 0 Å². The van der Waals surface area contributed by atoms with Gasteiger partial charge < -0.3 is 10.4 Å². The zero-order valence-corrected chi connectivity index (χ0v) is 14.3. The number of nitrogens with one attached hydrogen (secondary N) is 2. The molecule has 1 aromatic carbocycles. The smallest absolute Gasteiger partial charge is 0.261 e. The quantitative estimate of drug-likeness (QED) is 0.625. The van der Waals surface area contributed by atoms with Gasteiger partial charge in [-0.1, -0.05) is 15.9 Å². The van der Waals surface area contributed by atoms with Gasteiger partial charge >= 0.3 is 0 Å². The monoisotopic (exact) mass is 402 g/mol. The predicted octanol–water partition coefficient (Wildman–Crippen LogP) is 0.555. The van der Waals surface area contributed by atoms with Gasteiger partial charge in [-0.2, -0.15) is 5.10 Å². The predicted molar refractivity (Wildman–Crippen MR) is 87.3 cm³/mol. The molecule has 1 amide bonds. The number of amides is 1. The number of anilines is 1. The molecule has 0 aliphatic heterocycles. The molecule has 8 nitrogen and oxygen atoms in total. The Hall–Kier alpha value is -1.91. The zero-order valence-electron chi connectivity index (χ0n) is 11.9. The summed E-state index contributed by atoms with van der Waals surface area (Å²) in [6, 6.07) is 6.20. The van der Waals surface area contributed by atoms with E-state index >= 15 is 0 Å². The van der Waals surface area contributed by atoms with Crippen molar-refractivity contribution in [3.8, 4) is 0 Å². The average molecular weight is 403 g/mol. The molecule has 0 radical (unpaired) electrons. The highest BCUT2D eigenvalue weighted by Crippen LogP contribution is 2.18. The molecule has 0 bridgehead atoms. The lowest BCUT2D eigenvalue weighted by Crippen LogP contribution is -2.30. The summed E-state index contributed by atoms with van der Waals surface area (Å²) in [4.78, 5) is 11.6. The Bertz CT molecular complexity index is 774. The second kappa shape index (κ2) is 7.57. The van der Waals surface area contributed by atoms with Gasteiger partial charge in [0.25, 0.3) is 10.0 Å². The van der Waals surface area contributed by atoms with Gasteiger partial charge in [-0.25, -0.2) is 8.42 Å². The van der Waals surface area contributed by atoms with Crippen molar-refractivity contribution in [2.24, 2.45) is 0 Å². The highest BCUT2D eigenvalue weighted by Gasteiger charge is 2.15. The van der Waals surface area contributed by atoms with Crippen LogP contribution in [-0.2, 0) is 21.4 Å². The first-order chi connectivity index (χ1) is 10.9. The van der Waals surface area contributed by atoms with E-state index in [2.05, 4.69) is 31.1 Å². The fraction of sp³-hybridized carbons (Fsp3) is 0.231. The topological polar surface area (TPSA) is 113 Å². The lowest BCUT2D eigenvalue weighted by molar-refractivity contribution is -0.122. The maximum absolute atomic E-state index is 12.2. The highest BCUT2D eigenvalue weighted by atomic mass is 79.9. The Morgan fingerprint density at radius 2 is 2.00 bits per heavy atom. The summed E-state index contributed by atoms with van der Waals surface area (Å²) in [6.45, 7) is -0.0632. The van der Waals surface area contributed by atoms with Gasteiger partial charge in [-0.05, 0) is 24.3 Å². The SMILES string of the molecule is O=C(Cn1cc(NS(=O)(=O)c2ccc(Br)cc2)cn1)NCCO. The van der Waals surface area contributed by atoms with E-state index in [1.54, 1.807) is 12.1 Å². The van der Waals surface area contributed by atoms with Gasteiger partial charge in [-0.3, -0.25) is 14.2 Å². The second-order valence-electron chi connectivity index (χ2n) is 4.56. The first kappa shape index (κ1) is 17.4. The van der Waals surface area contributed by atoms with E-state index in [0.717, 1.165) is 4.47 Å². The largest absolute Gasteiger partial charge is 0.395 e. The minimum absolute atomic E-state index is 0.0694. The Morgan fingerprint density at radius 3 is 2.65 bits per heavy atom. The minimum Gasteiger partial charge on any atom is -0.395 e. The molecule has 0 aliphatic rings. The number of aromatic nitrogens is 2. The van der Waals surface area contributed by atoms with Crippen LogP contribution in [0.2, 0.25) is 0 Å². The molecule has 124 valence electrons. The first-order valence-electron chi connectivity index (χ1n) is 6.59. The number of benzene rings is 1. The van der Waals surface area contributed by atoms with E-state index in [1.165, 1.54) is 29.2 Å². The van der Waals surface area contributed by atoms with E-state index in [-0.39, 0.29) is 36.2 Å². The molecule has 0 aliphatic carbocycles. The number of halogens is 1. The Morgan fingerprint density at radius 1 is 1.30 bits per heavy atom. The van der Waals surface area contributed by atoms with E-state index in [4.69, 9.17) is 5.11 Å². The third kappa shape index (κ3) is 5.05. The van der Waals surface area contributed by atoms with E-state index in [1.807, 2.05) is 0 Å². The van der Waals surface area contributed by atoms with Crippen LogP contribution in [0.15, 0.2) is 46.0 Å². The average Bonchev–Trinajstić information content (AvgIpc) is 2.91.